The van der Waals surface area contributed by atoms with E-state index in [1.165, 1.54) is 0 Å². The van der Waals surface area contributed by atoms with Crippen LogP contribution in [0.25, 0.3) is 0 Å². The van der Waals surface area contributed by atoms with E-state index < -0.39 is 0 Å². The second-order valence-corrected chi connectivity index (χ2v) is 9.99. The van der Waals surface area contributed by atoms with Crippen molar-refractivity contribution in [2.75, 3.05) is 19.7 Å². The molecule has 1 rings (SSSR count). The summed E-state index contributed by atoms with van der Waals surface area (Å²) in [6, 6.07) is 0. The third-order valence-electron chi connectivity index (χ3n) is 5.63. The molecule has 0 N–H and O–H groups in total. The molecule has 1 heterocycles. The topological polar surface area (TPSA) is 64.6 Å². The Bertz CT molecular complexity index is 840. The van der Waals surface area contributed by atoms with Crippen LogP contribution in [0.15, 0.2) is 48.5 Å². The van der Waals surface area contributed by atoms with Gasteiger partial charge in [-0.05, 0) is 78.5 Å². The monoisotopic (exact) mass is 485 g/mol. The average molecular weight is 486 g/mol. The number of hydrogen-bond donors (Lipinski definition) is 0. The summed E-state index contributed by atoms with van der Waals surface area (Å²) in [6.07, 6.45) is 12.9. The molecule has 0 fully saturated rings. The maximum absolute atomic E-state index is 12.6. The molecule has 0 radical (unpaired) electrons. The van der Waals surface area contributed by atoms with E-state index in [-0.39, 0.29) is 5.60 Å². The highest BCUT2D eigenvalue weighted by molar-refractivity contribution is 5.78. The lowest BCUT2D eigenvalue weighted by Gasteiger charge is -2.24. The van der Waals surface area contributed by atoms with Crippen LogP contribution >= 0.6 is 0 Å². The van der Waals surface area contributed by atoms with E-state index in [0.29, 0.717) is 50.0 Å². The summed E-state index contributed by atoms with van der Waals surface area (Å²) in [5, 5.41) is 0. The smallest absolute Gasteiger partial charge is 0.237 e. The van der Waals surface area contributed by atoms with Gasteiger partial charge in [0.25, 0.3) is 0 Å². The van der Waals surface area contributed by atoms with Gasteiger partial charge in [0, 0.05) is 31.8 Å². The highest BCUT2D eigenvalue weighted by atomic mass is 16.5. The van der Waals surface area contributed by atoms with Gasteiger partial charge < -0.3 is 9.47 Å². The molecule has 1 aromatic heterocycles. The van der Waals surface area contributed by atoms with Crippen LogP contribution in [-0.2, 0) is 16.1 Å². The zero-order valence-electron chi connectivity index (χ0n) is 23.1. The summed E-state index contributed by atoms with van der Waals surface area (Å²) in [5.74, 6) is 2.16. The Balaban J connectivity index is 2.52. The number of aromatic nitrogens is 2. The standard InChI is InChI=1S/C29H47N3O3/c1-9-12-15-25(24(5)34-11-3)16-17-26(33)21-23(4)14-13-20-32(10-2)22-27-28(31-19-18-30-27)35-29(6,7)8/h9,12,15,18-19,23H,1,10-11,13-14,16-17,20-22H2,2-8H3/b15-12-,25-24-. The van der Waals surface area contributed by atoms with Crippen LogP contribution in [-0.4, -0.2) is 45.9 Å². The summed E-state index contributed by atoms with van der Waals surface area (Å²) in [6.45, 7) is 21.2. The molecule has 0 saturated heterocycles. The molecule has 0 amide bonds. The average Bonchev–Trinajstić information content (AvgIpc) is 2.78. The Hall–Kier alpha value is -2.47. The van der Waals surface area contributed by atoms with Crippen molar-refractivity contribution in [1.82, 2.24) is 14.9 Å². The van der Waals surface area contributed by atoms with E-state index in [1.807, 2.05) is 46.8 Å². The van der Waals surface area contributed by atoms with Gasteiger partial charge in [-0.15, -0.1) is 0 Å². The van der Waals surface area contributed by atoms with Gasteiger partial charge in [0.15, 0.2) is 0 Å². The van der Waals surface area contributed by atoms with Crippen LogP contribution in [0.1, 0.15) is 86.3 Å². The summed E-state index contributed by atoms with van der Waals surface area (Å²) < 4.78 is 11.6. The molecule has 0 saturated carbocycles. The van der Waals surface area contributed by atoms with Crippen molar-refractivity contribution in [3.63, 3.8) is 0 Å². The number of allylic oxidation sites excluding steroid dienone is 5. The van der Waals surface area contributed by atoms with Gasteiger partial charge in [0.2, 0.25) is 5.88 Å². The van der Waals surface area contributed by atoms with Gasteiger partial charge >= 0.3 is 0 Å². The minimum atomic E-state index is -0.315. The van der Waals surface area contributed by atoms with Crippen molar-refractivity contribution in [3.05, 3.63) is 54.2 Å². The van der Waals surface area contributed by atoms with Crippen LogP contribution in [0.3, 0.4) is 0 Å². The summed E-state index contributed by atoms with van der Waals surface area (Å²) in [7, 11) is 0. The highest BCUT2D eigenvalue weighted by Crippen LogP contribution is 2.21. The van der Waals surface area contributed by atoms with E-state index in [2.05, 4.69) is 35.3 Å². The molecular weight excluding hydrogens is 438 g/mol. The Morgan fingerprint density at radius 1 is 1.20 bits per heavy atom. The van der Waals surface area contributed by atoms with E-state index >= 15 is 0 Å². The summed E-state index contributed by atoms with van der Waals surface area (Å²) in [5.41, 5.74) is 1.61. The van der Waals surface area contributed by atoms with Gasteiger partial charge in [0.05, 0.1) is 12.4 Å². The summed E-state index contributed by atoms with van der Waals surface area (Å²) >= 11 is 0. The first kappa shape index (κ1) is 30.6. The molecule has 0 aliphatic rings. The summed E-state index contributed by atoms with van der Waals surface area (Å²) in [4.78, 5) is 23.9. The van der Waals surface area contributed by atoms with Crippen LogP contribution < -0.4 is 4.74 Å². The predicted octanol–water partition coefficient (Wildman–Crippen LogP) is 6.68. The fourth-order valence-electron chi connectivity index (χ4n) is 3.80. The van der Waals surface area contributed by atoms with Crippen molar-refractivity contribution in [2.45, 2.75) is 92.7 Å². The van der Waals surface area contributed by atoms with Crippen LogP contribution in [0, 0.1) is 5.92 Å². The zero-order chi connectivity index (χ0) is 26.3. The van der Waals surface area contributed by atoms with Crippen molar-refractivity contribution < 1.29 is 14.3 Å². The molecule has 1 atom stereocenters. The highest BCUT2D eigenvalue weighted by Gasteiger charge is 2.18. The van der Waals surface area contributed by atoms with Crippen molar-refractivity contribution in [3.8, 4) is 5.88 Å². The number of ketones is 1. The number of carbonyl (C=O) groups is 1. The number of ether oxygens (including phenoxy) is 2. The fourth-order valence-corrected chi connectivity index (χ4v) is 3.80. The van der Waals surface area contributed by atoms with Crippen LogP contribution in [0.2, 0.25) is 0 Å². The number of carbonyl (C=O) groups excluding carboxylic acids is 1. The minimum absolute atomic E-state index is 0.308. The van der Waals surface area contributed by atoms with Gasteiger partial charge in [-0.3, -0.25) is 14.7 Å². The Kier molecular flexibility index (Phi) is 14.2. The second-order valence-electron chi connectivity index (χ2n) is 9.99. The first-order valence-corrected chi connectivity index (χ1v) is 12.9. The first-order valence-electron chi connectivity index (χ1n) is 12.9. The third-order valence-corrected chi connectivity index (χ3v) is 5.63. The largest absolute Gasteiger partial charge is 0.498 e. The zero-order valence-corrected chi connectivity index (χ0v) is 23.1. The van der Waals surface area contributed by atoms with E-state index in [1.54, 1.807) is 18.5 Å². The van der Waals surface area contributed by atoms with Gasteiger partial charge in [0.1, 0.15) is 17.1 Å². The molecule has 35 heavy (non-hydrogen) atoms. The van der Waals surface area contributed by atoms with E-state index in [4.69, 9.17) is 9.47 Å². The maximum Gasteiger partial charge on any atom is 0.237 e. The van der Waals surface area contributed by atoms with Crippen LogP contribution in [0.4, 0.5) is 0 Å². The number of nitrogens with zero attached hydrogens (tertiary/aromatic N) is 3. The lowest BCUT2D eigenvalue weighted by molar-refractivity contribution is -0.119. The quantitative estimate of drug-likeness (QED) is 0.181. The predicted molar refractivity (Wildman–Crippen MR) is 144 cm³/mol. The van der Waals surface area contributed by atoms with Crippen molar-refractivity contribution in [2.24, 2.45) is 5.92 Å². The van der Waals surface area contributed by atoms with Gasteiger partial charge in [-0.2, -0.15) is 0 Å². The second kappa shape index (κ2) is 16.2. The Labute approximate surface area is 213 Å². The molecule has 1 aromatic rings. The van der Waals surface area contributed by atoms with E-state index in [0.717, 1.165) is 43.0 Å². The number of hydrogen-bond acceptors (Lipinski definition) is 6. The molecule has 1 unspecified atom stereocenters. The SMILES string of the molecule is C=C/C=C\C(CCC(=O)CC(C)CCCN(CC)Cc1nccnc1OC(C)(C)C)=C(/C)OCC. The molecular formula is C29H47N3O3. The molecule has 6 heteroatoms. The van der Waals surface area contributed by atoms with Crippen molar-refractivity contribution >= 4 is 5.78 Å². The van der Waals surface area contributed by atoms with Gasteiger partial charge in [-0.1, -0.05) is 38.7 Å². The lowest BCUT2D eigenvalue weighted by atomic mass is 9.95. The molecule has 0 aliphatic carbocycles. The Morgan fingerprint density at radius 2 is 1.91 bits per heavy atom. The molecule has 196 valence electrons. The molecule has 0 aromatic carbocycles. The molecule has 0 spiro atoms. The first-order chi connectivity index (χ1) is 16.6. The lowest BCUT2D eigenvalue weighted by Crippen LogP contribution is -2.28. The normalized spacial score (nSPS) is 13.6. The third kappa shape index (κ3) is 13.3. The van der Waals surface area contributed by atoms with E-state index in [9.17, 15) is 4.79 Å². The van der Waals surface area contributed by atoms with Crippen molar-refractivity contribution in [1.29, 1.82) is 0 Å². The molecule has 0 aliphatic heterocycles. The van der Waals surface area contributed by atoms with Gasteiger partial charge in [-0.25, -0.2) is 4.98 Å². The molecule has 0 bridgehead atoms. The minimum Gasteiger partial charge on any atom is -0.498 e. The van der Waals surface area contributed by atoms with Crippen LogP contribution in [0.5, 0.6) is 5.88 Å². The molecule has 6 nitrogen and oxygen atoms in total. The Morgan fingerprint density at radius 3 is 2.54 bits per heavy atom. The number of rotatable bonds is 17. The maximum atomic E-state index is 12.6. The number of Topliss-reactive ketones (excluding diaryl/α,β-unsaturated/α-hetero) is 1. The fraction of sp³-hybridized carbons (Fsp3) is 0.621.